The summed E-state index contributed by atoms with van der Waals surface area (Å²) in [6.45, 7) is 0. The highest BCUT2D eigenvalue weighted by Gasteiger charge is 2.10. The number of rotatable bonds is 2. The minimum atomic E-state index is 0.806. The van der Waals surface area contributed by atoms with Gasteiger partial charge in [-0.3, -0.25) is 4.98 Å². The van der Waals surface area contributed by atoms with Gasteiger partial charge in [-0.05, 0) is 42.5 Å². The smallest absolute Gasteiger partial charge is 0.153 e. The Bertz CT molecular complexity index is 1400. The topological polar surface area (TPSA) is 76.2 Å². The van der Waals surface area contributed by atoms with E-state index >= 15 is 0 Å². The van der Waals surface area contributed by atoms with Crippen molar-refractivity contribution in [1.82, 2.24) is 34.0 Å². The summed E-state index contributed by atoms with van der Waals surface area (Å²) in [5.74, 6) is 0. The number of nitrogens with one attached hydrogen (secondary N) is 1. The first-order valence-electron chi connectivity index (χ1n) is 8.57. The predicted octanol–water partition coefficient (Wildman–Crippen LogP) is 3.59. The van der Waals surface area contributed by atoms with Gasteiger partial charge >= 0.3 is 0 Å². The van der Waals surface area contributed by atoms with Crippen LogP contribution in [0.4, 0.5) is 0 Å². The summed E-state index contributed by atoms with van der Waals surface area (Å²) in [6, 6.07) is 14.0. The minimum absolute atomic E-state index is 0.806. The zero-order chi connectivity index (χ0) is 17.8. The third-order valence-corrected chi connectivity index (χ3v) is 4.68. The van der Waals surface area contributed by atoms with Gasteiger partial charge < -0.3 is 9.38 Å². The maximum Gasteiger partial charge on any atom is 0.153 e. The van der Waals surface area contributed by atoms with E-state index in [1.54, 1.807) is 16.9 Å². The molecule has 0 radical (unpaired) electrons. The number of H-pyrrole nitrogens is 1. The Labute approximate surface area is 153 Å². The van der Waals surface area contributed by atoms with E-state index in [9.17, 15) is 0 Å². The molecule has 1 N–H and O–H groups in total. The number of nitrogens with zero attached hydrogens (tertiary/aromatic N) is 6. The van der Waals surface area contributed by atoms with Crippen LogP contribution in [-0.4, -0.2) is 34.0 Å². The van der Waals surface area contributed by atoms with Crippen LogP contribution >= 0.6 is 0 Å². The van der Waals surface area contributed by atoms with Crippen molar-refractivity contribution in [2.75, 3.05) is 0 Å². The molecule has 0 saturated heterocycles. The normalized spacial score (nSPS) is 11.7. The molecule has 0 bridgehead atoms. The average molecular weight is 351 g/mol. The van der Waals surface area contributed by atoms with E-state index in [0.29, 0.717) is 0 Å². The van der Waals surface area contributed by atoms with Gasteiger partial charge in [0.25, 0.3) is 0 Å². The van der Waals surface area contributed by atoms with Crippen molar-refractivity contribution in [2.45, 2.75) is 0 Å². The van der Waals surface area contributed by atoms with E-state index in [1.807, 2.05) is 47.3 Å². The fraction of sp³-hybridized carbons (Fsp3) is 0. The Morgan fingerprint density at radius 2 is 1.85 bits per heavy atom. The molecule has 6 aromatic heterocycles. The first-order valence-corrected chi connectivity index (χ1v) is 8.57. The summed E-state index contributed by atoms with van der Waals surface area (Å²) in [7, 11) is 0. The van der Waals surface area contributed by atoms with E-state index in [-0.39, 0.29) is 0 Å². The molecule has 0 saturated carbocycles. The minimum Gasteiger partial charge on any atom is -0.353 e. The maximum atomic E-state index is 4.75. The Morgan fingerprint density at radius 1 is 0.852 bits per heavy atom. The lowest BCUT2D eigenvalue weighted by molar-refractivity contribution is 0.939. The van der Waals surface area contributed by atoms with Crippen LogP contribution in [0.15, 0.2) is 73.4 Å². The summed E-state index contributed by atoms with van der Waals surface area (Å²) in [5, 5.41) is 4.57. The van der Waals surface area contributed by atoms with E-state index in [4.69, 9.17) is 4.98 Å². The zero-order valence-electron chi connectivity index (χ0n) is 14.1. The highest BCUT2D eigenvalue weighted by atomic mass is 15.2. The van der Waals surface area contributed by atoms with Crippen LogP contribution in [0, 0.1) is 0 Å². The van der Waals surface area contributed by atoms with Gasteiger partial charge in [-0.15, -0.1) is 0 Å². The molecule has 6 heterocycles. The van der Waals surface area contributed by atoms with Gasteiger partial charge in [-0.2, -0.15) is 5.10 Å². The quantitative estimate of drug-likeness (QED) is 0.517. The Hall–Kier alpha value is -4.00. The van der Waals surface area contributed by atoms with Crippen LogP contribution in [0.2, 0.25) is 0 Å². The van der Waals surface area contributed by atoms with Crippen molar-refractivity contribution >= 4 is 22.3 Å². The number of imidazole rings is 2. The van der Waals surface area contributed by atoms with Crippen LogP contribution < -0.4 is 0 Å². The van der Waals surface area contributed by atoms with Crippen LogP contribution in [0.25, 0.3) is 45.0 Å². The summed E-state index contributed by atoms with van der Waals surface area (Å²) < 4.78 is 3.75. The Kier molecular flexibility index (Phi) is 2.76. The molecule has 128 valence electrons. The molecule has 0 atom stereocenters. The van der Waals surface area contributed by atoms with Crippen molar-refractivity contribution in [3.05, 3.63) is 73.4 Å². The third kappa shape index (κ3) is 2.22. The second-order valence-corrected chi connectivity index (χ2v) is 6.37. The van der Waals surface area contributed by atoms with Crippen molar-refractivity contribution in [1.29, 1.82) is 0 Å². The number of aromatic nitrogens is 7. The second-order valence-electron chi connectivity index (χ2n) is 6.37. The molecule has 0 unspecified atom stereocenters. The molecule has 0 amide bonds. The van der Waals surface area contributed by atoms with Gasteiger partial charge in [0.05, 0.1) is 11.0 Å². The molecule has 7 heteroatoms. The van der Waals surface area contributed by atoms with E-state index in [0.717, 1.165) is 45.0 Å². The summed E-state index contributed by atoms with van der Waals surface area (Å²) >= 11 is 0. The highest BCUT2D eigenvalue weighted by Crippen LogP contribution is 2.25. The van der Waals surface area contributed by atoms with Crippen molar-refractivity contribution in [2.24, 2.45) is 0 Å². The Morgan fingerprint density at radius 3 is 2.81 bits per heavy atom. The Balaban J connectivity index is 1.46. The van der Waals surface area contributed by atoms with Gasteiger partial charge in [0.15, 0.2) is 5.65 Å². The lowest BCUT2D eigenvalue weighted by Gasteiger charge is -1.98. The molecule has 7 nitrogen and oxygen atoms in total. The number of hydrogen-bond donors (Lipinski definition) is 1. The fourth-order valence-corrected chi connectivity index (χ4v) is 3.34. The van der Waals surface area contributed by atoms with Crippen LogP contribution in [0.1, 0.15) is 0 Å². The lowest BCUT2D eigenvalue weighted by Crippen LogP contribution is -1.92. The molecular weight excluding hydrogens is 338 g/mol. The number of hydrogen-bond acceptors (Lipinski definition) is 4. The van der Waals surface area contributed by atoms with Crippen molar-refractivity contribution in [3.8, 4) is 22.6 Å². The molecule has 0 aliphatic rings. The van der Waals surface area contributed by atoms with E-state index < -0.39 is 0 Å². The second kappa shape index (κ2) is 5.25. The summed E-state index contributed by atoms with van der Waals surface area (Å²) in [4.78, 5) is 16.8. The molecule has 0 fully saturated rings. The third-order valence-electron chi connectivity index (χ3n) is 4.68. The maximum absolute atomic E-state index is 4.75. The fourth-order valence-electron chi connectivity index (χ4n) is 3.34. The van der Waals surface area contributed by atoms with Gasteiger partial charge in [0.2, 0.25) is 0 Å². The van der Waals surface area contributed by atoms with Crippen molar-refractivity contribution in [3.63, 3.8) is 0 Å². The number of pyridine rings is 2. The van der Waals surface area contributed by atoms with E-state index in [1.165, 1.54) is 0 Å². The van der Waals surface area contributed by atoms with Gasteiger partial charge in [0.1, 0.15) is 17.0 Å². The average Bonchev–Trinajstić information content (AvgIpc) is 3.42. The van der Waals surface area contributed by atoms with E-state index in [2.05, 4.69) is 38.2 Å². The summed E-state index contributed by atoms with van der Waals surface area (Å²) in [6.07, 6.45) is 9.36. The molecule has 0 aromatic carbocycles. The highest BCUT2D eigenvalue weighted by molar-refractivity contribution is 5.83. The first-order chi connectivity index (χ1) is 13.3. The molecule has 27 heavy (non-hydrogen) atoms. The van der Waals surface area contributed by atoms with Gasteiger partial charge in [-0.1, -0.05) is 0 Å². The lowest BCUT2D eigenvalue weighted by atomic mass is 10.2. The number of aromatic amines is 1. The van der Waals surface area contributed by atoms with Gasteiger partial charge in [-0.25, -0.2) is 14.5 Å². The first kappa shape index (κ1) is 14.2. The molecule has 6 aromatic rings. The monoisotopic (exact) mass is 351 g/mol. The van der Waals surface area contributed by atoms with Crippen molar-refractivity contribution < 1.29 is 0 Å². The number of fused-ring (bicyclic) bond motifs is 3. The summed E-state index contributed by atoms with van der Waals surface area (Å²) in [5.41, 5.74) is 7.37. The molecule has 6 rings (SSSR count). The molecular formula is C20H13N7. The molecule has 0 aliphatic carbocycles. The van der Waals surface area contributed by atoms with Crippen LogP contribution in [-0.2, 0) is 0 Å². The predicted molar refractivity (Wildman–Crippen MR) is 102 cm³/mol. The molecule has 0 spiro atoms. The van der Waals surface area contributed by atoms with Crippen LogP contribution in [0.3, 0.4) is 0 Å². The standard InChI is InChI=1S/C20H13N7/c1-2-14-17(21-6-1)11-16(23-14)13-5-8-26-12-18(24-20(26)10-13)15-3-4-19-22-7-9-27(19)25-15/h1-12,23H. The largest absolute Gasteiger partial charge is 0.353 e. The SMILES string of the molecule is c1cnc2cc(-c3ccn4cc(-c5ccc6nccn6n5)nc4c3)[nH]c2c1. The molecule has 0 aliphatic heterocycles. The van der Waals surface area contributed by atoms with Crippen LogP contribution in [0.5, 0.6) is 0 Å². The van der Waals surface area contributed by atoms with Gasteiger partial charge in [0, 0.05) is 42.2 Å². The zero-order valence-corrected chi connectivity index (χ0v) is 14.1.